The average molecular weight is 233 g/mol. The number of hydrogen-bond acceptors (Lipinski definition) is 5. The van der Waals surface area contributed by atoms with Crippen LogP contribution in [0.3, 0.4) is 0 Å². The van der Waals surface area contributed by atoms with Crippen LogP contribution in [-0.4, -0.2) is 39.6 Å². The Kier molecular flexibility index (Phi) is 3.51. The highest BCUT2D eigenvalue weighted by Gasteiger charge is 2.13. The van der Waals surface area contributed by atoms with Crippen LogP contribution < -0.4 is 4.90 Å². The van der Waals surface area contributed by atoms with E-state index in [2.05, 4.69) is 9.97 Å². The van der Waals surface area contributed by atoms with Gasteiger partial charge in [-0.2, -0.15) is 0 Å². The van der Waals surface area contributed by atoms with Crippen molar-refractivity contribution in [3.05, 3.63) is 30.5 Å². The molecule has 1 unspecified atom stereocenters. The summed E-state index contributed by atoms with van der Waals surface area (Å²) in [4.78, 5) is 10.3. The summed E-state index contributed by atoms with van der Waals surface area (Å²) >= 11 is 0. The Morgan fingerprint density at radius 1 is 1.29 bits per heavy atom. The quantitative estimate of drug-likeness (QED) is 0.763. The number of benzene rings is 1. The zero-order valence-corrected chi connectivity index (χ0v) is 9.61. The summed E-state index contributed by atoms with van der Waals surface area (Å²) in [6, 6.07) is 7.53. The van der Waals surface area contributed by atoms with Gasteiger partial charge < -0.3 is 15.1 Å². The number of aliphatic hydroxyl groups excluding tert-OH is 2. The highest BCUT2D eigenvalue weighted by atomic mass is 16.3. The summed E-state index contributed by atoms with van der Waals surface area (Å²) < 4.78 is 0. The first-order chi connectivity index (χ1) is 8.22. The van der Waals surface area contributed by atoms with E-state index in [1.54, 1.807) is 18.0 Å². The van der Waals surface area contributed by atoms with Gasteiger partial charge in [-0.3, -0.25) is 4.98 Å². The van der Waals surface area contributed by atoms with Crippen LogP contribution >= 0.6 is 0 Å². The lowest BCUT2D eigenvalue weighted by atomic mass is 10.3. The van der Waals surface area contributed by atoms with Crippen molar-refractivity contribution in [2.75, 3.05) is 18.1 Å². The molecule has 0 bridgehead atoms. The van der Waals surface area contributed by atoms with Gasteiger partial charge in [0.1, 0.15) is 12.0 Å². The van der Waals surface area contributed by atoms with Crippen LogP contribution in [0.25, 0.3) is 11.0 Å². The van der Waals surface area contributed by atoms with Gasteiger partial charge in [-0.05, 0) is 19.1 Å². The molecule has 90 valence electrons. The van der Waals surface area contributed by atoms with Crippen LogP contribution in [-0.2, 0) is 0 Å². The first-order valence-corrected chi connectivity index (χ1v) is 5.49. The van der Waals surface area contributed by atoms with E-state index in [1.165, 1.54) is 0 Å². The van der Waals surface area contributed by atoms with Crippen molar-refractivity contribution < 1.29 is 10.2 Å². The van der Waals surface area contributed by atoms with Gasteiger partial charge >= 0.3 is 0 Å². The minimum absolute atomic E-state index is 0.0423. The van der Waals surface area contributed by atoms with E-state index in [0.717, 1.165) is 11.0 Å². The third-order valence-electron chi connectivity index (χ3n) is 2.52. The van der Waals surface area contributed by atoms with E-state index in [-0.39, 0.29) is 6.61 Å². The monoisotopic (exact) mass is 233 g/mol. The average Bonchev–Trinajstić information content (AvgIpc) is 2.35. The van der Waals surface area contributed by atoms with Gasteiger partial charge in [-0.15, -0.1) is 0 Å². The number of rotatable bonds is 4. The lowest BCUT2D eigenvalue weighted by molar-refractivity contribution is 0.176. The summed E-state index contributed by atoms with van der Waals surface area (Å²) in [5.41, 5.74) is 1.58. The number of aromatic nitrogens is 2. The molecule has 2 aromatic rings. The van der Waals surface area contributed by atoms with Crippen molar-refractivity contribution in [3.63, 3.8) is 0 Å². The van der Waals surface area contributed by atoms with Gasteiger partial charge in [-0.25, -0.2) is 4.98 Å². The van der Waals surface area contributed by atoms with E-state index >= 15 is 0 Å². The van der Waals surface area contributed by atoms with Crippen LogP contribution in [0.15, 0.2) is 30.5 Å². The zero-order chi connectivity index (χ0) is 12.3. The Hall–Kier alpha value is -1.72. The molecular weight excluding hydrogens is 218 g/mol. The minimum Gasteiger partial charge on any atom is -0.395 e. The highest BCUT2D eigenvalue weighted by Crippen LogP contribution is 2.16. The van der Waals surface area contributed by atoms with Crippen molar-refractivity contribution in [1.29, 1.82) is 0 Å². The molecule has 0 aliphatic rings. The number of aliphatic hydroxyl groups is 2. The first-order valence-electron chi connectivity index (χ1n) is 5.49. The van der Waals surface area contributed by atoms with E-state index in [9.17, 15) is 5.11 Å². The number of hydrogen-bond donors (Lipinski definition) is 2. The molecule has 0 amide bonds. The van der Waals surface area contributed by atoms with Crippen molar-refractivity contribution >= 4 is 16.9 Å². The smallest absolute Gasteiger partial charge is 0.149 e. The molecule has 0 aliphatic carbocycles. The van der Waals surface area contributed by atoms with Crippen molar-refractivity contribution in [2.24, 2.45) is 0 Å². The summed E-state index contributed by atoms with van der Waals surface area (Å²) in [5, 5.41) is 18.6. The lowest BCUT2D eigenvalue weighted by Gasteiger charge is -2.25. The van der Waals surface area contributed by atoms with E-state index in [1.807, 2.05) is 24.3 Å². The van der Waals surface area contributed by atoms with Gasteiger partial charge in [0, 0.05) is 6.54 Å². The SMILES string of the molecule is CC(O)N(CCO)c1cnc2ccccc2n1. The number of fused-ring (bicyclic) bond motifs is 1. The van der Waals surface area contributed by atoms with Gasteiger partial charge in [0.05, 0.1) is 23.8 Å². The van der Waals surface area contributed by atoms with Crippen LogP contribution in [0.5, 0.6) is 0 Å². The molecule has 2 rings (SSSR count). The standard InChI is InChI=1S/C12H15N3O2/c1-9(17)15(6-7-16)12-8-13-10-4-2-3-5-11(10)14-12/h2-5,8-9,16-17H,6-7H2,1H3. The fraction of sp³-hybridized carbons (Fsp3) is 0.333. The summed E-state index contributed by atoms with van der Waals surface area (Å²) in [7, 11) is 0. The minimum atomic E-state index is -0.711. The van der Waals surface area contributed by atoms with E-state index in [4.69, 9.17) is 5.11 Å². The molecule has 2 N–H and O–H groups in total. The van der Waals surface area contributed by atoms with E-state index < -0.39 is 6.23 Å². The molecule has 0 fully saturated rings. The molecule has 1 aromatic heterocycles. The maximum atomic E-state index is 9.62. The lowest BCUT2D eigenvalue weighted by Crippen LogP contribution is -2.36. The largest absolute Gasteiger partial charge is 0.395 e. The van der Waals surface area contributed by atoms with Crippen molar-refractivity contribution in [3.8, 4) is 0 Å². The zero-order valence-electron chi connectivity index (χ0n) is 9.61. The number of nitrogens with zero attached hydrogens (tertiary/aromatic N) is 3. The predicted octanol–water partition coefficient (Wildman–Crippen LogP) is 0.767. The molecule has 5 heteroatoms. The summed E-state index contributed by atoms with van der Waals surface area (Å²) in [6.07, 6.45) is 0.891. The predicted molar refractivity (Wildman–Crippen MR) is 65.7 cm³/mol. The van der Waals surface area contributed by atoms with Gasteiger partial charge in [0.2, 0.25) is 0 Å². The fourth-order valence-electron chi connectivity index (χ4n) is 1.69. The molecule has 0 saturated heterocycles. The molecule has 0 saturated carbocycles. The molecule has 1 atom stereocenters. The normalized spacial score (nSPS) is 12.6. The highest BCUT2D eigenvalue weighted by molar-refractivity contribution is 5.75. The second-order valence-electron chi connectivity index (χ2n) is 3.77. The van der Waals surface area contributed by atoms with Crippen molar-refractivity contribution in [1.82, 2.24) is 9.97 Å². The fourth-order valence-corrected chi connectivity index (χ4v) is 1.69. The Morgan fingerprint density at radius 3 is 2.65 bits per heavy atom. The third-order valence-corrected chi connectivity index (χ3v) is 2.52. The molecule has 0 spiro atoms. The summed E-state index contributed by atoms with van der Waals surface area (Å²) in [6.45, 7) is 1.91. The van der Waals surface area contributed by atoms with Crippen LogP contribution in [0.2, 0.25) is 0 Å². The number of para-hydroxylation sites is 2. The van der Waals surface area contributed by atoms with Gasteiger partial charge in [0.25, 0.3) is 0 Å². The summed E-state index contributed by atoms with van der Waals surface area (Å²) in [5.74, 6) is 0.563. The molecular formula is C12H15N3O2. The second-order valence-corrected chi connectivity index (χ2v) is 3.77. The molecule has 17 heavy (non-hydrogen) atoms. The van der Waals surface area contributed by atoms with Crippen LogP contribution in [0.4, 0.5) is 5.82 Å². The maximum Gasteiger partial charge on any atom is 0.149 e. The van der Waals surface area contributed by atoms with Gasteiger partial charge in [-0.1, -0.05) is 12.1 Å². The van der Waals surface area contributed by atoms with Crippen molar-refractivity contribution in [2.45, 2.75) is 13.2 Å². The van der Waals surface area contributed by atoms with Gasteiger partial charge in [0.15, 0.2) is 0 Å². The molecule has 0 radical (unpaired) electrons. The maximum absolute atomic E-state index is 9.62. The van der Waals surface area contributed by atoms with E-state index in [0.29, 0.717) is 12.4 Å². The molecule has 1 aromatic carbocycles. The Bertz CT molecular complexity index is 502. The van der Waals surface area contributed by atoms with Crippen LogP contribution in [0.1, 0.15) is 6.92 Å². The second kappa shape index (κ2) is 5.07. The molecule has 5 nitrogen and oxygen atoms in total. The first kappa shape index (κ1) is 11.8. The van der Waals surface area contributed by atoms with Crippen LogP contribution in [0, 0.1) is 0 Å². The number of anilines is 1. The Labute approximate surface area is 99.4 Å². The molecule has 0 aliphatic heterocycles. The third kappa shape index (κ3) is 2.51. The Balaban J connectivity index is 2.40. The topological polar surface area (TPSA) is 69.5 Å². The Morgan fingerprint density at radius 2 is 2.00 bits per heavy atom. The molecule has 1 heterocycles.